The first-order valence-electron chi connectivity index (χ1n) is 7.12. The van der Waals surface area contributed by atoms with E-state index in [1.165, 1.54) is 34.4 Å². The second kappa shape index (κ2) is 5.91. The summed E-state index contributed by atoms with van der Waals surface area (Å²) in [6.07, 6.45) is 1.43. The van der Waals surface area contributed by atoms with Gasteiger partial charge >= 0.3 is 0 Å². The van der Waals surface area contributed by atoms with Crippen LogP contribution < -0.4 is 5.56 Å². The van der Waals surface area contributed by atoms with Crippen LogP contribution in [0.15, 0.2) is 51.4 Å². The Bertz CT molecular complexity index is 1150. The maximum Gasteiger partial charge on any atom is 0.270 e. The Morgan fingerprint density at radius 1 is 1.32 bits per heavy atom. The van der Waals surface area contributed by atoms with E-state index in [2.05, 4.69) is 15.1 Å². The average Bonchev–Trinajstić information content (AvgIpc) is 3.27. The van der Waals surface area contributed by atoms with Crippen LogP contribution in [0.3, 0.4) is 0 Å². The highest BCUT2D eigenvalue weighted by molar-refractivity contribution is 7.16. The zero-order chi connectivity index (χ0) is 17.4. The molecule has 3 aromatic heterocycles. The molecular weight excluding hydrogens is 346 g/mol. The zero-order valence-corrected chi connectivity index (χ0v) is 13.3. The van der Waals surface area contributed by atoms with Crippen molar-refractivity contribution in [3.05, 3.63) is 68.4 Å². The van der Waals surface area contributed by atoms with Crippen molar-refractivity contribution in [3.8, 4) is 11.4 Å². The second-order valence-corrected chi connectivity index (χ2v) is 6.03. The first kappa shape index (κ1) is 15.1. The minimum absolute atomic E-state index is 0.0628. The second-order valence-electron chi connectivity index (χ2n) is 5.14. The fourth-order valence-electron chi connectivity index (χ4n) is 2.35. The van der Waals surface area contributed by atoms with Crippen LogP contribution in [-0.4, -0.2) is 24.6 Å². The van der Waals surface area contributed by atoms with Crippen molar-refractivity contribution < 1.29 is 9.45 Å². The van der Waals surface area contributed by atoms with Gasteiger partial charge in [-0.2, -0.15) is 4.98 Å². The number of nitrogens with zero attached hydrogens (tertiary/aromatic N) is 5. The highest BCUT2D eigenvalue weighted by Crippen LogP contribution is 2.21. The molecule has 9 nitrogen and oxygen atoms in total. The molecule has 25 heavy (non-hydrogen) atoms. The van der Waals surface area contributed by atoms with Crippen LogP contribution in [0.25, 0.3) is 21.6 Å². The van der Waals surface area contributed by atoms with Gasteiger partial charge in [0.25, 0.3) is 11.2 Å². The van der Waals surface area contributed by atoms with Crippen LogP contribution in [0.2, 0.25) is 0 Å². The van der Waals surface area contributed by atoms with Crippen molar-refractivity contribution in [2.24, 2.45) is 0 Å². The first-order valence-corrected chi connectivity index (χ1v) is 8.00. The van der Waals surface area contributed by atoms with Gasteiger partial charge in [-0.3, -0.25) is 19.5 Å². The van der Waals surface area contributed by atoms with Crippen LogP contribution in [-0.2, 0) is 6.54 Å². The third-order valence-electron chi connectivity index (χ3n) is 3.54. The highest BCUT2D eigenvalue weighted by atomic mass is 32.1. The molecule has 0 aliphatic rings. The normalized spacial score (nSPS) is 11.0. The Kier molecular flexibility index (Phi) is 3.58. The summed E-state index contributed by atoms with van der Waals surface area (Å²) < 4.78 is 6.53. The summed E-state index contributed by atoms with van der Waals surface area (Å²) in [5.41, 5.74) is 0.205. The van der Waals surface area contributed by atoms with Crippen molar-refractivity contribution in [1.29, 1.82) is 0 Å². The number of non-ortho nitro benzene ring substituents is 1. The molecule has 0 N–H and O–H groups in total. The Morgan fingerprint density at radius 3 is 3.04 bits per heavy atom. The lowest BCUT2D eigenvalue weighted by molar-refractivity contribution is -0.384. The summed E-state index contributed by atoms with van der Waals surface area (Å²) in [6.45, 7) is 0.0690. The number of nitro benzene ring substituents is 1. The molecule has 0 unspecified atom stereocenters. The maximum absolute atomic E-state index is 12.4. The predicted octanol–water partition coefficient (Wildman–Crippen LogP) is 2.46. The van der Waals surface area contributed by atoms with E-state index in [-0.39, 0.29) is 29.5 Å². The lowest BCUT2D eigenvalue weighted by Gasteiger charge is -2.00. The van der Waals surface area contributed by atoms with Gasteiger partial charge in [-0.25, -0.2) is 4.98 Å². The van der Waals surface area contributed by atoms with E-state index in [0.29, 0.717) is 15.8 Å². The van der Waals surface area contributed by atoms with Gasteiger partial charge in [-0.15, -0.1) is 11.3 Å². The number of hydrogen-bond acceptors (Lipinski definition) is 8. The van der Waals surface area contributed by atoms with E-state index in [1.54, 1.807) is 23.6 Å². The van der Waals surface area contributed by atoms with E-state index in [1.807, 2.05) is 0 Å². The Morgan fingerprint density at radius 2 is 2.20 bits per heavy atom. The third kappa shape index (κ3) is 2.78. The maximum atomic E-state index is 12.4. The van der Waals surface area contributed by atoms with Crippen molar-refractivity contribution in [2.45, 2.75) is 6.54 Å². The molecule has 0 fully saturated rings. The van der Waals surface area contributed by atoms with Gasteiger partial charge in [-0.05, 0) is 11.4 Å². The molecule has 0 saturated heterocycles. The fraction of sp³-hybridized carbons (Fsp3) is 0.0667. The monoisotopic (exact) mass is 355 g/mol. The molecular formula is C15H9N5O4S. The molecule has 0 radical (unpaired) electrons. The number of benzene rings is 1. The molecule has 0 aliphatic heterocycles. The summed E-state index contributed by atoms with van der Waals surface area (Å²) in [7, 11) is 0. The number of nitro groups is 1. The van der Waals surface area contributed by atoms with Crippen molar-refractivity contribution in [2.75, 3.05) is 0 Å². The van der Waals surface area contributed by atoms with Crippen LogP contribution in [0, 0.1) is 10.1 Å². The third-order valence-corrected chi connectivity index (χ3v) is 4.36. The number of thiophene rings is 1. The quantitative estimate of drug-likeness (QED) is 0.407. The number of rotatable bonds is 4. The Labute approximate surface area is 143 Å². The van der Waals surface area contributed by atoms with Crippen molar-refractivity contribution in [1.82, 2.24) is 19.7 Å². The van der Waals surface area contributed by atoms with Crippen LogP contribution >= 0.6 is 11.3 Å². The lowest BCUT2D eigenvalue weighted by atomic mass is 10.2. The van der Waals surface area contributed by atoms with Gasteiger partial charge in [0.05, 0.1) is 16.6 Å². The minimum atomic E-state index is -0.494. The molecule has 4 rings (SSSR count). The van der Waals surface area contributed by atoms with Gasteiger partial charge in [0, 0.05) is 17.7 Å². The van der Waals surface area contributed by atoms with Gasteiger partial charge in [0.1, 0.15) is 11.4 Å². The van der Waals surface area contributed by atoms with Crippen molar-refractivity contribution >= 4 is 27.2 Å². The predicted molar refractivity (Wildman–Crippen MR) is 89.4 cm³/mol. The average molecular weight is 355 g/mol. The van der Waals surface area contributed by atoms with E-state index >= 15 is 0 Å². The molecule has 0 saturated carbocycles. The summed E-state index contributed by atoms with van der Waals surface area (Å²) in [4.78, 5) is 31.8. The molecule has 0 bridgehead atoms. The summed E-state index contributed by atoms with van der Waals surface area (Å²) >= 11 is 1.39. The summed E-state index contributed by atoms with van der Waals surface area (Å²) in [5.74, 6) is 0.427. The molecule has 124 valence electrons. The molecule has 1 aromatic carbocycles. The van der Waals surface area contributed by atoms with Gasteiger partial charge in [0.15, 0.2) is 0 Å². The largest absolute Gasteiger partial charge is 0.337 e. The molecule has 0 aliphatic carbocycles. The zero-order valence-electron chi connectivity index (χ0n) is 12.5. The van der Waals surface area contributed by atoms with E-state index in [4.69, 9.17) is 4.52 Å². The lowest BCUT2D eigenvalue weighted by Crippen LogP contribution is -2.20. The van der Waals surface area contributed by atoms with Gasteiger partial charge in [0.2, 0.25) is 11.7 Å². The number of hydrogen-bond donors (Lipinski definition) is 0. The van der Waals surface area contributed by atoms with E-state index < -0.39 is 4.92 Å². The van der Waals surface area contributed by atoms with E-state index in [0.717, 1.165) is 0 Å². The van der Waals surface area contributed by atoms with Crippen molar-refractivity contribution in [3.63, 3.8) is 0 Å². The molecule has 0 atom stereocenters. The van der Waals surface area contributed by atoms with Gasteiger partial charge < -0.3 is 4.52 Å². The molecule has 3 heterocycles. The van der Waals surface area contributed by atoms with Crippen LogP contribution in [0.1, 0.15) is 5.89 Å². The minimum Gasteiger partial charge on any atom is -0.337 e. The molecule has 0 amide bonds. The number of fused-ring (bicyclic) bond motifs is 1. The Balaban J connectivity index is 1.65. The highest BCUT2D eigenvalue weighted by Gasteiger charge is 2.14. The topological polar surface area (TPSA) is 117 Å². The molecule has 0 spiro atoms. The molecule has 10 heteroatoms. The van der Waals surface area contributed by atoms with E-state index in [9.17, 15) is 14.9 Å². The van der Waals surface area contributed by atoms with Crippen LogP contribution in [0.5, 0.6) is 0 Å². The fourth-order valence-corrected chi connectivity index (χ4v) is 3.07. The standard InChI is InChI=1S/C15H9N5O4S/c21-15-11-4-5-25-14(11)16-8-19(15)7-12-17-13(18-24-12)9-2-1-3-10(6-9)20(22)23/h1-6,8H,7H2. The van der Waals surface area contributed by atoms with Crippen LogP contribution in [0.4, 0.5) is 5.69 Å². The molecule has 4 aromatic rings. The SMILES string of the molecule is O=c1c2ccsc2ncn1Cc1nc(-c2cccc([N+](=O)[O-])c2)no1. The summed E-state index contributed by atoms with van der Waals surface area (Å²) in [6, 6.07) is 7.65. The van der Waals surface area contributed by atoms with Gasteiger partial charge in [-0.1, -0.05) is 17.3 Å². The summed E-state index contributed by atoms with van der Waals surface area (Å²) in [5, 5.41) is 17.0. The first-order chi connectivity index (χ1) is 12.1. The smallest absolute Gasteiger partial charge is 0.270 e. The Hall–Kier alpha value is -3.40. The number of aromatic nitrogens is 4.